The van der Waals surface area contributed by atoms with Crippen LogP contribution in [0, 0.1) is 0 Å². The Labute approximate surface area is 90.6 Å². The molecule has 0 aliphatic carbocycles. The van der Waals surface area contributed by atoms with Gasteiger partial charge in [0.2, 0.25) is 0 Å². The van der Waals surface area contributed by atoms with E-state index in [9.17, 15) is 4.39 Å². The fourth-order valence-electron chi connectivity index (χ4n) is 0.929. The van der Waals surface area contributed by atoms with Gasteiger partial charge in [0.15, 0.2) is 0 Å². The maximum Gasteiger partial charge on any atom is 0.109 e. The molecule has 0 spiro atoms. The molecular formula is C8H7Cl3FN. The van der Waals surface area contributed by atoms with Gasteiger partial charge in [-0.25, -0.2) is 4.39 Å². The molecule has 0 heterocycles. The van der Waals surface area contributed by atoms with Crippen molar-refractivity contribution in [2.45, 2.75) is 6.04 Å². The van der Waals surface area contributed by atoms with Gasteiger partial charge in [-0.2, -0.15) is 0 Å². The summed E-state index contributed by atoms with van der Waals surface area (Å²) < 4.78 is 12.2. The van der Waals surface area contributed by atoms with Gasteiger partial charge in [-0.15, -0.1) is 0 Å². The van der Waals surface area contributed by atoms with Crippen LogP contribution in [-0.2, 0) is 0 Å². The first-order valence-corrected chi connectivity index (χ1v) is 4.65. The van der Waals surface area contributed by atoms with Crippen molar-refractivity contribution in [2.24, 2.45) is 5.73 Å². The Morgan fingerprint density at radius 1 is 1.31 bits per heavy atom. The van der Waals surface area contributed by atoms with Crippen molar-refractivity contribution in [3.8, 4) is 0 Å². The third-order valence-corrected chi connectivity index (χ3v) is 2.62. The van der Waals surface area contributed by atoms with Gasteiger partial charge in [-0.1, -0.05) is 34.8 Å². The van der Waals surface area contributed by atoms with Gasteiger partial charge in [-0.3, -0.25) is 0 Å². The van der Waals surface area contributed by atoms with Gasteiger partial charge in [0.1, 0.15) is 6.67 Å². The SMILES string of the molecule is N[C@@H](CF)c1cc(Cl)cc(Cl)c1Cl. The fourth-order valence-corrected chi connectivity index (χ4v) is 1.69. The Balaban J connectivity index is 3.20. The van der Waals surface area contributed by atoms with Crippen LogP contribution in [0.25, 0.3) is 0 Å². The molecule has 0 saturated carbocycles. The highest BCUT2D eigenvalue weighted by atomic mass is 35.5. The number of benzene rings is 1. The van der Waals surface area contributed by atoms with E-state index in [1.54, 1.807) is 0 Å². The van der Waals surface area contributed by atoms with Gasteiger partial charge >= 0.3 is 0 Å². The number of alkyl halides is 1. The largest absolute Gasteiger partial charge is 0.322 e. The molecule has 1 aromatic rings. The topological polar surface area (TPSA) is 26.0 Å². The molecule has 1 nitrogen and oxygen atoms in total. The minimum Gasteiger partial charge on any atom is -0.322 e. The third-order valence-electron chi connectivity index (χ3n) is 1.59. The van der Waals surface area contributed by atoms with Crippen LogP contribution in [0.2, 0.25) is 15.1 Å². The van der Waals surface area contributed by atoms with E-state index in [4.69, 9.17) is 40.5 Å². The number of hydrogen-bond donors (Lipinski definition) is 1. The molecule has 0 aliphatic heterocycles. The standard InChI is InChI=1S/C8H7Cl3FN/c9-4-1-5(7(13)3-12)8(11)6(10)2-4/h1-2,7H,3,13H2/t7-/m0/s1. The van der Waals surface area contributed by atoms with Gasteiger partial charge in [0.25, 0.3) is 0 Å². The summed E-state index contributed by atoms with van der Waals surface area (Å²) in [6.07, 6.45) is 0. The Morgan fingerprint density at radius 3 is 2.46 bits per heavy atom. The molecule has 0 fully saturated rings. The second-order valence-corrected chi connectivity index (χ2v) is 3.77. The number of halogens is 4. The van der Waals surface area contributed by atoms with Crippen molar-refractivity contribution in [2.75, 3.05) is 6.67 Å². The predicted octanol–water partition coefficient (Wildman–Crippen LogP) is 3.62. The molecular weight excluding hydrogens is 235 g/mol. The van der Waals surface area contributed by atoms with E-state index in [1.165, 1.54) is 12.1 Å². The number of nitrogens with two attached hydrogens (primary N) is 1. The predicted molar refractivity (Wildman–Crippen MR) is 54.4 cm³/mol. The zero-order chi connectivity index (χ0) is 10.0. The molecule has 0 bridgehead atoms. The summed E-state index contributed by atoms with van der Waals surface area (Å²) in [4.78, 5) is 0. The molecule has 72 valence electrons. The summed E-state index contributed by atoms with van der Waals surface area (Å²) >= 11 is 17.2. The van der Waals surface area contributed by atoms with Crippen LogP contribution >= 0.6 is 34.8 Å². The third kappa shape index (κ3) is 2.47. The molecule has 13 heavy (non-hydrogen) atoms. The second-order valence-electron chi connectivity index (χ2n) is 2.55. The van der Waals surface area contributed by atoms with Crippen LogP contribution in [0.15, 0.2) is 12.1 Å². The molecule has 0 amide bonds. The quantitative estimate of drug-likeness (QED) is 0.788. The monoisotopic (exact) mass is 241 g/mol. The lowest BCUT2D eigenvalue weighted by atomic mass is 10.1. The lowest BCUT2D eigenvalue weighted by Gasteiger charge is -2.11. The van der Waals surface area contributed by atoms with E-state index in [0.29, 0.717) is 10.6 Å². The van der Waals surface area contributed by atoms with Crippen LogP contribution in [-0.4, -0.2) is 6.67 Å². The lowest BCUT2D eigenvalue weighted by molar-refractivity contribution is 0.437. The zero-order valence-corrected chi connectivity index (χ0v) is 8.80. The maximum absolute atomic E-state index is 12.2. The van der Waals surface area contributed by atoms with E-state index in [1.807, 2.05) is 0 Å². The van der Waals surface area contributed by atoms with E-state index < -0.39 is 12.7 Å². The molecule has 2 N–H and O–H groups in total. The van der Waals surface area contributed by atoms with Crippen molar-refractivity contribution in [3.63, 3.8) is 0 Å². The van der Waals surface area contributed by atoms with Gasteiger partial charge < -0.3 is 5.73 Å². The lowest BCUT2D eigenvalue weighted by Crippen LogP contribution is -2.12. The fraction of sp³-hybridized carbons (Fsp3) is 0.250. The van der Waals surface area contributed by atoms with E-state index in [2.05, 4.69) is 0 Å². The Bertz CT molecular complexity index is 317. The average molecular weight is 243 g/mol. The van der Waals surface area contributed by atoms with Gasteiger partial charge in [0.05, 0.1) is 16.1 Å². The Kier molecular flexibility index (Phi) is 3.80. The molecule has 1 atom stereocenters. The number of hydrogen-bond acceptors (Lipinski definition) is 1. The van der Waals surface area contributed by atoms with E-state index >= 15 is 0 Å². The Hall–Kier alpha value is -0.0200. The molecule has 5 heteroatoms. The first-order valence-electron chi connectivity index (χ1n) is 3.52. The smallest absolute Gasteiger partial charge is 0.109 e. The molecule has 0 unspecified atom stereocenters. The van der Waals surface area contributed by atoms with Crippen molar-refractivity contribution >= 4 is 34.8 Å². The zero-order valence-electron chi connectivity index (χ0n) is 6.53. The van der Waals surface area contributed by atoms with Crippen LogP contribution in [0.4, 0.5) is 4.39 Å². The second kappa shape index (κ2) is 4.47. The maximum atomic E-state index is 12.2. The van der Waals surface area contributed by atoms with E-state index in [0.717, 1.165) is 0 Å². The van der Waals surface area contributed by atoms with E-state index in [-0.39, 0.29) is 10.0 Å². The highest BCUT2D eigenvalue weighted by Crippen LogP contribution is 2.32. The van der Waals surface area contributed by atoms with Crippen molar-refractivity contribution < 1.29 is 4.39 Å². The summed E-state index contributed by atoms with van der Waals surface area (Å²) in [6, 6.07) is 2.23. The molecule has 0 aliphatic rings. The Morgan fingerprint density at radius 2 is 1.92 bits per heavy atom. The van der Waals surface area contributed by atoms with Crippen LogP contribution < -0.4 is 5.73 Å². The van der Waals surface area contributed by atoms with Crippen LogP contribution in [0.1, 0.15) is 11.6 Å². The molecule has 0 aromatic heterocycles. The van der Waals surface area contributed by atoms with Crippen LogP contribution in [0.3, 0.4) is 0 Å². The minimum atomic E-state index is -0.774. The molecule has 0 saturated heterocycles. The van der Waals surface area contributed by atoms with Crippen molar-refractivity contribution in [1.29, 1.82) is 0 Å². The summed E-state index contributed by atoms with van der Waals surface area (Å²) in [5.41, 5.74) is 5.89. The first-order chi connectivity index (χ1) is 6.06. The van der Waals surface area contributed by atoms with Crippen molar-refractivity contribution in [1.82, 2.24) is 0 Å². The van der Waals surface area contributed by atoms with Crippen molar-refractivity contribution in [3.05, 3.63) is 32.8 Å². The van der Waals surface area contributed by atoms with Crippen LogP contribution in [0.5, 0.6) is 0 Å². The molecule has 1 rings (SSSR count). The average Bonchev–Trinajstić information content (AvgIpc) is 2.10. The highest BCUT2D eigenvalue weighted by molar-refractivity contribution is 6.43. The summed E-state index contributed by atoms with van der Waals surface area (Å²) in [6.45, 7) is -0.698. The summed E-state index contributed by atoms with van der Waals surface area (Å²) in [7, 11) is 0. The summed E-state index contributed by atoms with van der Waals surface area (Å²) in [5, 5.41) is 0.942. The summed E-state index contributed by atoms with van der Waals surface area (Å²) in [5.74, 6) is 0. The van der Waals surface area contributed by atoms with Gasteiger partial charge in [0, 0.05) is 5.02 Å². The molecule has 0 radical (unpaired) electrons. The first kappa shape index (κ1) is 11.1. The molecule has 1 aromatic carbocycles. The highest BCUT2D eigenvalue weighted by Gasteiger charge is 2.13. The minimum absolute atomic E-state index is 0.260. The number of rotatable bonds is 2. The normalized spacial score (nSPS) is 13.0. The van der Waals surface area contributed by atoms with Gasteiger partial charge in [-0.05, 0) is 17.7 Å².